The van der Waals surface area contributed by atoms with Crippen molar-refractivity contribution in [2.45, 2.75) is 133 Å². The van der Waals surface area contributed by atoms with Gasteiger partial charge in [0.2, 0.25) is 0 Å². The van der Waals surface area contributed by atoms with Crippen LogP contribution < -0.4 is 5.32 Å². The van der Waals surface area contributed by atoms with Crippen LogP contribution in [-0.2, 0) is 15.1 Å². The van der Waals surface area contributed by atoms with Gasteiger partial charge in [-0.2, -0.15) is 0 Å². The van der Waals surface area contributed by atoms with E-state index < -0.39 is 5.60 Å². The highest BCUT2D eigenvalue weighted by Gasteiger charge is 2.56. The van der Waals surface area contributed by atoms with Crippen LogP contribution in [-0.4, -0.2) is 95.9 Å². The number of piperazine rings is 1. The minimum Gasteiger partial charge on any atom is -0.380 e. The van der Waals surface area contributed by atoms with Crippen molar-refractivity contribution in [3.05, 3.63) is 35.4 Å². The molecule has 4 saturated heterocycles. The monoisotopic (exact) mass is 660 g/mol. The van der Waals surface area contributed by atoms with Crippen molar-refractivity contribution in [1.82, 2.24) is 20.0 Å². The summed E-state index contributed by atoms with van der Waals surface area (Å²) in [6, 6.07) is 8.69. The highest BCUT2D eigenvalue weighted by atomic mass is 16.5. The number of hydrogen-bond donors (Lipinski definition) is 2. The summed E-state index contributed by atoms with van der Waals surface area (Å²) in [6.45, 7) is 4.03. The number of piperidine rings is 1. The Kier molecular flexibility index (Phi) is 9.17. The predicted molar refractivity (Wildman–Crippen MR) is 186 cm³/mol. The summed E-state index contributed by atoms with van der Waals surface area (Å²) in [6.07, 6.45) is 21.8. The zero-order valence-electron chi connectivity index (χ0n) is 29.5. The molecule has 264 valence electrons. The van der Waals surface area contributed by atoms with E-state index in [1.807, 2.05) is 12.0 Å². The zero-order chi connectivity index (χ0) is 32.9. The smallest absolute Gasteiger partial charge is 0.254 e. The van der Waals surface area contributed by atoms with E-state index in [0.29, 0.717) is 51.1 Å². The van der Waals surface area contributed by atoms with E-state index in [0.717, 1.165) is 30.5 Å². The fraction of sp³-hybridized carbons (Fsp3) is 0.800. The molecule has 3 aliphatic carbocycles. The van der Waals surface area contributed by atoms with E-state index in [9.17, 15) is 14.7 Å². The Labute approximate surface area is 288 Å². The molecule has 4 aliphatic heterocycles. The van der Waals surface area contributed by atoms with Gasteiger partial charge < -0.3 is 19.6 Å². The van der Waals surface area contributed by atoms with Gasteiger partial charge >= 0.3 is 0 Å². The Morgan fingerprint density at radius 2 is 1.46 bits per heavy atom. The molecule has 0 aromatic heterocycles. The van der Waals surface area contributed by atoms with Crippen LogP contribution in [0.1, 0.15) is 125 Å². The third-order valence-electron chi connectivity index (χ3n) is 14.5. The maximum absolute atomic E-state index is 13.7. The molecule has 8 rings (SSSR count). The molecular weight excluding hydrogens is 600 g/mol. The lowest BCUT2D eigenvalue weighted by atomic mass is 9.66. The summed E-state index contributed by atoms with van der Waals surface area (Å²) in [5, 5.41) is 14.7. The van der Waals surface area contributed by atoms with E-state index in [1.165, 1.54) is 102 Å². The molecule has 6 bridgehead atoms. The quantitative estimate of drug-likeness (QED) is 0.433. The van der Waals surface area contributed by atoms with Gasteiger partial charge in [-0.3, -0.25) is 19.8 Å². The lowest BCUT2D eigenvalue weighted by Crippen LogP contribution is -2.56. The van der Waals surface area contributed by atoms with E-state index in [-0.39, 0.29) is 28.9 Å². The number of nitrogens with one attached hydrogen (secondary N) is 1. The van der Waals surface area contributed by atoms with E-state index in [4.69, 9.17) is 4.74 Å². The first-order valence-corrected chi connectivity index (χ1v) is 19.8. The number of carbonyl (C=O) groups is 2. The van der Waals surface area contributed by atoms with Gasteiger partial charge in [-0.25, -0.2) is 0 Å². The topological polar surface area (TPSA) is 85.4 Å². The highest BCUT2D eigenvalue weighted by Crippen LogP contribution is 2.52. The molecule has 1 aromatic carbocycles. The van der Waals surface area contributed by atoms with Gasteiger partial charge in [0.15, 0.2) is 0 Å². The second-order valence-corrected chi connectivity index (χ2v) is 17.1. The molecular formula is C40H60N4O4. The minimum absolute atomic E-state index is 0.0427. The fourth-order valence-electron chi connectivity index (χ4n) is 11.5. The lowest BCUT2D eigenvalue weighted by Gasteiger charge is -2.50. The molecule has 7 aliphatic rings. The Bertz CT molecular complexity index is 1320. The Morgan fingerprint density at radius 1 is 0.792 bits per heavy atom. The summed E-state index contributed by atoms with van der Waals surface area (Å²) >= 11 is 0. The summed E-state index contributed by atoms with van der Waals surface area (Å²) < 4.78 is 6.44. The number of amides is 2. The van der Waals surface area contributed by atoms with E-state index >= 15 is 0 Å². The number of aliphatic hydroxyl groups is 1. The molecule has 4 heterocycles. The van der Waals surface area contributed by atoms with Crippen molar-refractivity contribution in [1.29, 1.82) is 0 Å². The first-order chi connectivity index (χ1) is 23.3. The van der Waals surface area contributed by atoms with Crippen LogP contribution in [0.2, 0.25) is 0 Å². The average molecular weight is 661 g/mol. The second kappa shape index (κ2) is 13.3. The van der Waals surface area contributed by atoms with E-state index in [1.54, 1.807) is 4.90 Å². The largest absolute Gasteiger partial charge is 0.380 e. The van der Waals surface area contributed by atoms with Crippen LogP contribution in [0.5, 0.6) is 0 Å². The number of ether oxygens (including phenoxy) is 1. The van der Waals surface area contributed by atoms with Gasteiger partial charge in [0.25, 0.3) is 11.8 Å². The molecule has 48 heavy (non-hydrogen) atoms. The van der Waals surface area contributed by atoms with Crippen LogP contribution in [0, 0.1) is 23.2 Å². The highest BCUT2D eigenvalue weighted by molar-refractivity contribution is 5.94. The van der Waals surface area contributed by atoms with Crippen LogP contribution in [0.4, 0.5) is 0 Å². The van der Waals surface area contributed by atoms with Gasteiger partial charge in [0.05, 0.1) is 17.8 Å². The molecule has 3 saturated carbocycles. The van der Waals surface area contributed by atoms with Crippen molar-refractivity contribution in [2.24, 2.45) is 23.2 Å². The van der Waals surface area contributed by atoms with Crippen LogP contribution in [0.25, 0.3) is 0 Å². The molecule has 7 unspecified atom stereocenters. The molecule has 2 N–H and O–H groups in total. The molecule has 1 spiro atoms. The molecule has 2 amide bonds. The Morgan fingerprint density at radius 3 is 2.21 bits per heavy atom. The third-order valence-corrected chi connectivity index (χ3v) is 14.5. The normalized spacial score (nSPS) is 38.5. The van der Waals surface area contributed by atoms with Crippen LogP contribution in [0.15, 0.2) is 24.3 Å². The summed E-state index contributed by atoms with van der Waals surface area (Å²) in [7, 11) is 1.97. The first kappa shape index (κ1) is 33.2. The summed E-state index contributed by atoms with van der Waals surface area (Å²) in [5.41, 5.74) is 1.06. The van der Waals surface area contributed by atoms with Gasteiger partial charge in [-0.1, -0.05) is 69.9 Å². The lowest BCUT2D eigenvalue weighted by molar-refractivity contribution is -0.143. The van der Waals surface area contributed by atoms with Gasteiger partial charge in [-0.15, -0.1) is 0 Å². The van der Waals surface area contributed by atoms with E-state index in [2.05, 4.69) is 34.5 Å². The second-order valence-electron chi connectivity index (χ2n) is 17.1. The van der Waals surface area contributed by atoms with Crippen molar-refractivity contribution in [3.8, 4) is 0 Å². The average Bonchev–Trinajstić information content (AvgIpc) is 3.74. The summed E-state index contributed by atoms with van der Waals surface area (Å²) in [5.74, 6) is 2.19. The van der Waals surface area contributed by atoms with Crippen molar-refractivity contribution in [3.63, 3.8) is 0 Å². The molecule has 8 heteroatoms. The van der Waals surface area contributed by atoms with Gasteiger partial charge in [0, 0.05) is 57.4 Å². The predicted octanol–water partition coefficient (Wildman–Crippen LogP) is 5.68. The number of hydrogen-bond acceptors (Lipinski definition) is 6. The maximum atomic E-state index is 13.7. The first-order valence-electron chi connectivity index (χ1n) is 19.8. The van der Waals surface area contributed by atoms with Gasteiger partial charge in [0.1, 0.15) is 5.60 Å². The fourth-order valence-corrected chi connectivity index (χ4v) is 11.5. The molecule has 7 atom stereocenters. The number of methoxy groups -OCH3 is 1. The Balaban J connectivity index is 1.07. The van der Waals surface area contributed by atoms with Crippen molar-refractivity contribution < 1.29 is 19.4 Å². The third kappa shape index (κ3) is 6.05. The Hall–Kier alpha value is -2.00. The SMILES string of the molecule is COC1CN2CC3(c4ccc(C(=O)N5CCN(C(=O)C6(O)CC6)CC5)cc4)NC2CC12CCCCCC(CCC2)C1CCCCC3CC1. The van der Waals surface area contributed by atoms with Crippen LogP contribution in [0.3, 0.4) is 0 Å². The molecule has 1 aromatic rings. The number of nitrogens with zero attached hydrogens (tertiary/aromatic N) is 3. The maximum Gasteiger partial charge on any atom is 0.254 e. The van der Waals surface area contributed by atoms with Crippen molar-refractivity contribution >= 4 is 11.8 Å². The van der Waals surface area contributed by atoms with Crippen molar-refractivity contribution in [2.75, 3.05) is 46.4 Å². The number of benzene rings is 1. The number of fused-ring (bicyclic) bond motifs is 9. The molecule has 0 radical (unpaired) electrons. The zero-order valence-corrected chi connectivity index (χ0v) is 29.5. The molecule has 7 fully saturated rings. The standard InChI is InChI=1S/C40H60N4O4/c1-48-34-27-44-28-40(33-16-13-31(14-17-33)36(45)42-22-24-43(25-23-42)37(46)39(47)20-21-39)32-11-5-4-9-30(12-15-32)29-8-3-2-6-18-38(34,19-7-10-29)26-35(44)41-40/h13-14,16-17,29-30,32,34-35,41,47H,2-12,15,18-28H2,1H3. The summed E-state index contributed by atoms with van der Waals surface area (Å²) in [4.78, 5) is 32.7. The minimum atomic E-state index is -1.14. The number of carbonyl (C=O) groups excluding carboxylic acids is 2. The molecule has 8 nitrogen and oxygen atoms in total. The van der Waals surface area contributed by atoms with Crippen LogP contribution >= 0.6 is 0 Å². The number of rotatable bonds is 4. The van der Waals surface area contributed by atoms with Gasteiger partial charge in [-0.05, 0) is 86.8 Å².